The van der Waals surface area contributed by atoms with Gasteiger partial charge in [0.05, 0.1) is 11.4 Å². The maximum atomic E-state index is 14.2. The topological polar surface area (TPSA) is 78.0 Å². The molecule has 0 aliphatic rings. The molecular formula is C19H13F4N3O2S. The fourth-order valence-electron chi connectivity index (χ4n) is 2.76. The van der Waals surface area contributed by atoms with E-state index >= 15 is 0 Å². The van der Waals surface area contributed by atoms with E-state index in [-0.39, 0.29) is 11.4 Å². The Bertz CT molecular complexity index is 1260. The molecule has 5 nitrogen and oxygen atoms in total. The van der Waals surface area contributed by atoms with Crippen molar-refractivity contribution < 1.29 is 26.0 Å². The zero-order chi connectivity index (χ0) is 21.6. The molecule has 0 bridgehead atoms. The molecule has 0 aliphatic heterocycles. The van der Waals surface area contributed by atoms with Crippen LogP contribution in [0.5, 0.6) is 0 Å². The monoisotopic (exact) mass is 423 g/mol. The number of hydrogen-bond acceptors (Lipinski definition) is 3. The van der Waals surface area contributed by atoms with Crippen LogP contribution >= 0.6 is 0 Å². The number of terminal acetylenes is 1. The first-order valence-electron chi connectivity index (χ1n) is 7.99. The van der Waals surface area contributed by atoms with E-state index in [1.807, 2.05) is 0 Å². The standard InChI is InChI=1S/C19H13F4N3O2S/c1-3-12-4-5-13(8-11(12)2)16-10-18(19(21,22)23)25-26(16)14-6-7-17(15(20)9-14)29(24,27)28/h1,4-10H,2H3,(H2,24,27,28). The summed E-state index contributed by atoms with van der Waals surface area (Å²) in [6.07, 6.45) is 0.627. The number of alkyl halides is 3. The molecule has 1 heterocycles. The van der Waals surface area contributed by atoms with E-state index in [4.69, 9.17) is 11.6 Å². The molecule has 150 valence electrons. The van der Waals surface area contributed by atoms with Crippen molar-refractivity contribution in [3.8, 4) is 29.3 Å². The van der Waals surface area contributed by atoms with E-state index in [9.17, 15) is 26.0 Å². The van der Waals surface area contributed by atoms with Gasteiger partial charge in [-0.15, -0.1) is 6.42 Å². The summed E-state index contributed by atoms with van der Waals surface area (Å²) in [4.78, 5) is -0.778. The molecule has 10 heteroatoms. The van der Waals surface area contributed by atoms with Crippen LogP contribution in [-0.4, -0.2) is 18.2 Å². The minimum atomic E-state index is -4.74. The number of aromatic nitrogens is 2. The van der Waals surface area contributed by atoms with Crippen molar-refractivity contribution in [1.29, 1.82) is 0 Å². The fraction of sp³-hybridized carbons (Fsp3) is 0.105. The lowest BCUT2D eigenvalue weighted by atomic mass is 10.0. The minimum Gasteiger partial charge on any atom is -0.232 e. The van der Waals surface area contributed by atoms with Gasteiger partial charge in [-0.1, -0.05) is 12.0 Å². The maximum absolute atomic E-state index is 14.2. The van der Waals surface area contributed by atoms with E-state index in [0.717, 1.165) is 28.9 Å². The van der Waals surface area contributed by atoms with Crippen molar-refractivity contribution >= 4 is 10.0 Å². The Morgan fingerprint density at radius 1 is 1.14 bits per heavy atom. The molecule has 0 atom stereocenters. The first-order chi connectivity index (χ1) is 13.4. The van der Waals surface area contributed by atoms with E-state index in [0.29, 0.717) is 16.7 Å². The molecule has 0 saturated carbocycles. The van der Waals surface area contributed by atoms with Crippen LogP contribution in [0.2, 0.25) is 0 Å². The zero-order valence-electron chi connectivity index (χ0n) is 14.8. The zero-order valence-corrected chi connectivity index (χ0v) is 15.6. The van der Waals surface area contributed by atoms with Gasteiger partial charge in [-0.25, -0.2) is 22.6 Å². The van der Waals surface area contributed by atoms with Crippen LogP contribution in [0, 0.1) is 25.1 Å². The molecule has 3 rings (SSSR count). The Labute approximate surface area is 163 Å². The van der Waals surface area contributed by atoms with Gasteiger partial charge in [0, 0.05) is 17.2 Å². The Morgan fingerprint density at radius 3 is 2.34 bits per heavy atom. The highest BCUT2D eigenvalue weighted by molar-refractivity contribution is 7.89. The summed E-state index contributed by atoms with van der Waals surface area (Å²) < 4.78 is 77.6. The van der Waals surface area contributed by atoms with Gasteiger partial charge in [-0.05, 0) is 42.8 Å². The second kappa shape index (κ2) is 7.02. The Hall–Kier alpha value is -3.16. The van der Waals surface area contributed by atoms with Gasteiger partial charge in [0.1, 0.15) is 10.7 Å². The number of primary sulfonamides is 1. The van der Waals surface area contributed by atoms with Crippen LogP contribution in [0.3, 0.4) is 0 Å². The van der Waals surface area contributed by atoms with E-state index in [1.54, 1.807) is 19.1 Å². The quantitative estimate of drug-likeness (QED) is 0.516. The molecule has 0 radical (unpaired) electrons. The average molecular weight is 423 g/mol. The number of hydrogen-bond donors (Lipinski definition) is 1. The van der Waals surface area contributed by atoms with Gasteiger partial charge in [0.15, 0.2) is 5.69 Å². The lowest BCUT2D eigenvalue weighted by Crippen LogP contribution is -2.14. The number of benzene rings is 2. The summed E-state index contributed by atoms with van der Waals surface area (Å²) >= 11 is 0. The fourth-order valence-corrected chi connectivity index (χ4v) is 3.35. The van der Waals surface area contributed by atoms with Crippen molar-refractivity contribution in [3.05, 3.63) is 65.1 Å². The van der Waals surface area contributed by atoms with Gasteiger partial charge in [-0.2, -0.15) is 18.3 Å². The molecule has 1 aromatic heterocycles. The number of sulfonamides is 1. The third kappa shape index (κ3) is 4.01. The SMILES string of the molecule is C#Cc1ccc(-c2cc(C(F)(F)F)nn2-c2ccc(S(N)(=O)=O)c(F)c2)cc1C. The molecule has 0 aliphatic carbocycles. The van der Waals surface area contributed by atoms with Gasteiger partial charge in [0.25, 0.3) is 0 Å². The van der Waals surface area contributed by atoms with Crippen LogP contribution in [0.25, 0.3) is 16.9 Å². The highest BCUT2D eigenvalue weighted by Gasteiger charge is 2.35. The maximum Gasteiger partial charge on any atom is 0.435 e. The molecule has 0 amide bonds. The lowest BCUT2D eigenvalue weighted by molar-refractivity contribution is -0.141. The second-order valence-electron chi connectivity index (χ2n) is 6.16. The van der Waals surface area contributed by atoms with Gasteiger partial charge < -0.3 is 0 Å². The van der Waals surface area contributed by atoms with Gasteiger partial charge in [0.2, 0.25) is 10.0 Å². The van der Waals surface area contributed by atoms with Crippen LogP contribution in [0.1, 0.15) is 16.8 Å². The number of aryl methyl sites for hydroxylation is 1. The Kier molecular flexibility index (Phi) is 4.98. The summed E-state index contributed by atoms with van der Waals surface area (Å²) in [5.41, 5.74) is 0.301. The predicted octanol–water partition coefficient (Wildman–Crippen LogP) is 3.63. The van der Waals surface area contributed by atoms with Crippen molar-refractivity contribution in [1.82, 2.24) is 9.78 Å². The normalized spacial score (nSPS) is 12.0. The van der Waals surface area contributed by atoms with Gasteiger partial charge in [-0.3, -0.25) is 0 Å². The number of nitrogens with zero attached hydrogens (tertiary/aromatic N) is 2. The lowest BCUT2D eigenvalue weighted by Gasteiger charge is -2.10. The first-order valence-corrected chi connectivity index (χ1v) is 9.54. The van der Waals surface area contributed by atoms with Crippen molar-refractivity contribution in [2.45, 2.75) is 18.0 Å². The van der Waals surface area contributed by atoms with Crippen LogP contribution in [0.4, 0.5) is 17.6 Å². The molecule has 0 spiro atoms. The first kappa shape index (κ1) is 20.6. The Balaban J connectivity index is 2.24. The summed E-state index contributed by atoms with van der Waals surface area (Å²) in [5.74, 6) is 1.25. The summed E-state index contributed by atoms with van der Waals surface area (Å²) in [6, 6.07) is 8.21. The van der Waals surface area contributed by atoms with Crippen LogP contribution < -0.4 is 5.14 Å². The third-order valence-corrected chi connectivity index (χ3v) is 5.09. The molecule has 29 heavy (non-hydrogen) atoms. The average Bonchev–Trinajstić information content (AvgIpc) is 3.06. The van der Waals surface area contributed by atoms with E-state index in [2.05, 4.69) is 11.0 Å². The highest BCUT2D eigenvalue weighted by Crippen LogP contribution is 2.34. The summed E-state index contributed by atoms with van der Waals surface area (Å²) in [6.45, 7) is 1.70. The molecular weight excluding hydrogens is 410 g/mol. The predicted molar refractivity (Wildman–Crippen MR) is 98.0 cm³/mol. The van der Waals surface area contributed by atoms with Crippen molar-refractivity contribution in [2.24, 2.45) is 5.14 Å². The van der Waals surface area contributed by atoms with Gasteiger partial charge >= 0.3 is 6.18 Å². The second-order valence-corrected chi connectivity index (χ2v) is 7.69. The minimum absolute atomic E-state index is 0.0201. The van der Waals surface area contributed by atoms with Crippen molar-refractivity contribution in [3.63, 3.8) is 0 Å². The molecule has 2 aromatic carbocycles. The van der Waals surface area contributed by atoms with Crippen molar-refractivity contribution in [2.75, 3.05) is 0 Å². The molecule has 0 saturated heterocycles. The molecule has 2 N–H and O–H groups in total. The molecule has 0 fully saturated rings. The largest absolute Gasteiger partial charge is 0.435 e. The third-order valence-electron chi connectivity index (χ3n) is 4.14. The molecule has 0 unspecified atom stereocenters. The summed E-state index contributed by atoms with van der Waals surface area (Å²) in [7, 11) is -4.33. The number of rotatable bonds is 3. The smallest absolute Gasteiger partial charge is 0.232 e. The summed E-state index contributed by atoms with van der Waals surface area (Å²) in [5, 5.41) is 8.45. The highest BCUT2D eigenvalue weighted by atomic mass is 32.2. The Morgan fingerprint density at radius 2 is 1.83 bits per heavy atom. The molecule has 3 aromatic rings. The van der Waals surface area contributed by atoms with Crippen LogP contribution in [-0.2, 0) is 16.2 Å². The number of nitrogens with two attached hydrogens (primary N) is 1. The van der Waals surface area contributed by atoms with E-state index < -0.39 is 32.6 Å². The number of halogens is 4. The van der Waals surface area contributed by atoms with Crippen LogP contribution in [0.15, 0.2) is 47.4 Å². The van der Waals surface area contributed by atoms with E-state index in [1.165, 1.54) is 6.07 Å².